The van der Waals surface area contributed by atoms with Gasteiger partial charge in [-0.25, -0.2) is 4.68 Å². The van der Waals surface area contributed by atoms with E-state index in [0.717, 1.165) is 11.3 Å². The van der Waals surface area contributed by atoms with Gasteiger partial charge in [-0.05, 0) is 31.2 Å². The summed E-state index contributed by atoms with van der Waals surface area (Å²) >= 11 is 0. The molecule has 2 heterocycles. The van der Waals surface area contributed by atoms with E-state index >= 15 is 0 Å². The first-order valence-corrected chi connectivity index (χ1v) is 8.83. The summed E-state index contributed by atoms with van der Waals surface area (Å²) in [7, 11) is 3.08. The summed E-state index contributed by atoms with van der Waals surface area (Å²) in [5.74, 6) is 1.30. The highest BCUT2D eigenvalue weighted by Gasteiger charge is 2.20. The van der Waals surface area contributed by atoms with Gasteiger partial charge in [0.1, 0.15) is 0 Å². The summed E-state index contributed by atoms with van der Waals surface area (Å²) < 4.78 is 17.6. The number of benzene rings is 2. The third-order valence-corrected chi connectivity index (χ3v) is 4.38. The van der Waals surface area contributed by atoms with E-state index in [1.165, 1.54) is 13.2 Å². The number of rotatable bonds is 5. The molecule has 0 amide bonds. The Morgan fingerprint density at radius 2 is 1.79 bits per heavy atom. The monoisotopic (exact) mass is 390 g/mol. The van der Waals surface area contributed by atoms with Crippen molar-refractivity contribution in [1.29, 1.82) is 0 Å². The number of aryl methyl sites for hydroxylation is 1. The van der Waals surface area contributed by atoms with Crippen LogP contribution >= 0.6 is 0 Å². The van der Waals surface area contributed by atoms with Crippen molar-refractivity contribution in [2.24, 2.45) is 0 Å². The molecule has 0 saturated heterocycles. The average molecular weight is 390 g/mol. The zero-order valence-electron chi connectivity index (χ0n) is 16.1. The minimum Gasteiger partial charge on any atom is -0.493 e. The van der Waals surface area contributed by atoms with E-state index in [9.17, 15) is 4.79 Å². The molecule has 0 atom stereocenters. The lowest BCUT2D eigenvalue weighted by atomic mass is 10.1. The molecule has 0 fully saturated rings. The Kier molecular flexibility index (Phi) is 4.82. The summed E-state index contributed by atoms with van der Waals surface area (Å²) in [5.41, 5.74) is 2.27. The Labute approximate surface area is 166 Å². The maximum atomic E-state index is 12.4. The normalized spacial score (nSPS) is 10.7. The Balaban J connectivity index is 1.77. The van der Waals surface area contributed by atoms with E-state index in [2.05, 4.69) is 15.2 Å². The highest BCUT2D eigenvalue weighted by molar-refractivity contribution is 5.69. The fourth-order valence-corrected chi connectivity index (χ4v) is 2.89. The second-order valence-electron chi connectivity index (χ2n) is 6.27. The number of hydrogen-bond acceptors (Lipinski definition) is 7. The molecular weight excluding hydrogens is 372 g/mol. The minimum atomic E-state index is -0.318. The van der Waals surface area contributed by atoms with Gasteiger partial charge >= 0.3 is 0 Å². The average Bonchev–Trinajstić information content (AvgIpc) is 3.24. The largest absolute Gasteiger partial charge is 0.493 e. The van der Waals surface area contributed by atoms with Crippen molar-refractivity contribution < 1.29 is 14.0 Å². The van der Waals surface area contributed by atoms with Crippen LogP contribution in [0.5, 0.6) is 11.5 Å². The van der Waals surface area contributed by atoms with Gasteiger partial charge < -0.3 is 14.0 Å². The molecule has 0 aliphatic heterocycles. The van der Waals surface area contributed by atoms with Crippen LogP contribution in [0.1, 0.15) is 5.56 Å². The zero-order valence-corrected chi connectivity index (χ0v) is 16.1. The predicted octanol–water partition coefficient (Wildman–Crippen LogP) is 3.28. The molecule has 4 rings (SSSR count). The van der Waals surface area contributed by atoms with Crippen molar-refractivity contribution in [3.63, 3.8) is 0 Å². The molecule has 2 aromatic heterocycles. The molecular formula is C21H18N4O4. The Bertz CT molecular complexity index is 1210. The van der Waals surface area contributed by atoms with Crippen molar-refractivity contribution >= 4 is 0 Å². The molecule has 0 bridgehead atoms. The lowest BCUT2D eigenvalue weighted by Crippen LogP contribution is -2.12. The highest BCUT2D eigenvalue weighted by atomic mass is 16.5. The Morgan fingerprint density at radius 3 is 2.52 bits per heavy atom. The molecule has 0 N–H and O–H groups in total. The van der Waals surface area contributed by atoms with Gasteiger partial charge in [-0.15, -0.1) is 0 Å². The second kappa shape index (κ2) is 7.59. The number of hydrogen-bond donors (Lipinski definition) is 0. The number of nitrogens with zero attached hydrogens (tertiary/aromatic N) is 4. The molecule has 146 valence electrons. The van der Waals surface area contributed by atoms with Gasteiger partial charge in [-0.3, -0.25) is 4.79 Å². The van der Waals surface area contributed by atoms with E-state index in [4.69, 9.17) is 14.0 Å². The molecule has 0 unspecified atom stereocenters. The fraction of sp³-hybridized carbons (Fsp3) is 0.143. The summed E-state index contributed by atoms with van der Waals surface area (Å²) in [6.07, 6.45) is 1.60. The van der Waals surface area contributed by atoms with Gasteiger partial charge in [-0.2, -0.15) is 10.1 Å². The van der Waals surface area contributed by atoms with Crippen LogP contribution in [-0.4, -0.2) is 34.1 Å². The van der Waals surface area contributed by atoms with E-state index in [0.29, 0.717) is 17.1 Å². The number of aromatic nitrogens is 4. The molecule has 0 aliphatic rings. The maximum Gasteiger partial charge on any atom is 0.282 e. The number of methoxy groups -OCH3 is 2. The first kappa shape index (κ1) is 18.4. The van der Waals surface area contributed by atoms with Gasteiger partial charge in [0.05, 0.1) is 25.5 Å². The van der Waals surface area contributed by atoms with Crippen molar-refractivity contribution in [2.45, 2.75) is 6.92 Å². The smallest absolute Gasteiger partial charge is 0.282 e. The molecule has 0 radical (unpaired) electrons. The molecule has 0 aliphatic carbocycles. The standard InChI is InChI=1S/C21H18N4O4/c1-13-7-9-14(10-8-13)25-12-11-16(26)18(23-25)21-22-20(24-29-21)15-5-4-6-17(27-2)19(15)28-3/h4-12H,1-3H3. The fourth-order valence-electron chi connectivity index (χ4n) is 2.89. The molecule has 8 heteroatoms. The predicted molar refractivity (Wildman–Crippen MR) is 106 cm³/mol. The van der Waals surface area contributed by atoms with Crippen LogP contribution in [0, 0.1) is 6.92 Å². The van der Waals surface area contributed by atoms with Gasteiger partial charge in [0, 0.05) is 12.3 Å². The van der Waals surface area contributed by atoms with Crippen molar-refractivity contribution in [3.8, 4) is 40.2 Å². The van der Waals surface area contributed by atoms with Gasteiger partial charge in [-0.1, -0.05) is 28.9 Å². The minimum absolute atomic E-state index is 0.0244. The van der Waals surface area contributed by atoms with E-state index in [1.54, 1.807) is 36.2 Å². The lowest BCUT2D eigenvalue weighted by Gasteiger charge is -2.09. The third kappa shape index (κ3) is 3.47. The molecule has 0 spiro atoms. The second-order valence-corrected chi connectivity index (χ2v) is 6.27. The summed E-state index contributed by atoms with van der Waals surface area (Å²) in [6.45, 7) is 2.00. The van der Waals surface area contributed by atoms with Crippen LogP contribution in [0.2, 0.25) is 0 Å². The Hall–Kier alpha value is -3.94. The highest BCUT2D eigenvalue weighted by Crippen LogP contribution is 2.36. The SMILES string of the molecule is COc1cccc(-c2noc(-c3nn(-c4ccc(C)cc4)ccc3=O)n2)c1OC. The van der Waals surface area contributed by atoms with E-state index < -0.39 is 0 Å². The van der Waals surface area contributed by atoms with E-state index in [1.807, 2.05) is 31.2 Å². The van der Waals surface area contributed by atoms with Crippen LogP contribution in [-0.2, 0) is 0 Å². The van der Waals surface area contributed by atoms with Crippen LogP contribution in [0.15, 0.2) is 64.0 Å². The first-order chi connectivity index (χ1) is 14.1. The lowest BCUT2D eigenvalue weighted by molar-refractivity contribution is 0.355. The summed E-state index contributed by atoms with van der Waals surface area (Å²) in [6, 6.07) is 14.5. The summed E-state index contributed by atoms with van der Waals surface area (Å²) in [5, 5.41) is 8.37. The van der Waals surface area contributed by atoms with Crippen LogP contribution in [0.25, 0.3) is 28.7 Å². The van der Waals surface area contributed by atoms with Crippen molar-refractivity contribution in [1.82, 2.24) is 19.9 Å². The maximum absolute atomic E-state index is 12.4. The molecule has 2 aromatic carbocycles. The van der Waals surface area contributed by atoms with E-state index in [-0.39, 0.29) is 22.8 Å². The molecule has 8 nitrogen and oxygen atoms in total. The van der Waals surface area contributed by atoms with Gasteiger partial charge in [0.2, 0.25) is 11.3 Å². The Morgan fingerprint density at radius 1 is 1.00 bits per heavy atom. The van der Waals surface area contributed by atoms with Gasteiger partial charge in [0.25, 0.3) is 5.89 Å². The van der Waals surface area contributed by atoms with Crippen LogP contribution in [0.3, 0.4) is 0 Å². The summed E-state index contributed by atoms with van der Waals surface area (Å²) in [4.78, 5) is 16.7. The van der Waals surface area contributed by atoms with Gasteiger partial charge in [0.15, 0.2) is 17.2 Å². The quantitative estimate of drug-likeness (QED) is 0.516. The number of ether oxygens (including phenoxy) is 2. The number of para-hydroxylation sites is 1. The molecule has 29 heavy (non-hydrogen) atoms. The first-order valence-electron chi connectivity index (χ1n) is 8.83. The van der Waals surface area contributed by atoms with Crippen LogP contribution in [0.4, 0.5) is 0 Å². The third-order valence-electron chi connectivity index (χ3n) is 4.38. The molecule has 4 aromatic rings. The topological polar surface area (TPSA) is 92.3 Å². The van der Waals surface area contributed by atoms with Crippen molar-refractivity contribution in [3.05, 3.63) is 70.5 Å². The zero-order chi connectivity index (χ0) is 20.4. The van der Waals surface area contributed by atoms with Crippen LogP contribution < -0.4 is 14.9 Å². The molecule has 0 saturated carbocycles. The van der Waals surface area contributed by atoms with Crippen molar-refractivity contribution in [2.75, 3.05) is 14.2 Å².